The second-order valence-electron chi connectivity index (χ2n) is 4.57. The molecule has 112 valence electrons. The molecule has 0 radical (unpaired) electrons. The number of rotatable bonds is 5. The van der Waals surface area contributed by atoms with Gasteiger partial charge in [0.2, 0.25) is 11.8 Å². The molecular formula is C16H13ClN2O3. The summed E-state index contributed by atoms with van der Waals surface area (Å²) < 4.78 is 0. The van der Waals surface area contributed by atoms with E-state index < -0.39 is 11.8 Å². The van der Waals surface area contributed by atoms with Crippen LogP contribution in [0.15, 0.2) is 48.5 Å². The normalized spacial score (nSPS) is 10.0. The van der Waals surface area contributed by atoms with E-state index in [1.807, 2.05) is 0 Å². The number of nitrogens with two attached hydrogens (primary N) is 1. The van der Waals surface area contributed by atoms with E-state index in [0.29, 0.717) is 21.8 Å². The number of ketones is 1. The first-order chi connectivity index (χ1) is 10.5. The zero-order valence-electron chi connectivity index (χ0n) is 11.5. The first kappa shape index (κ1) is 15.7. The van der Waals surface area contributed by atoms with Crippen LogP contribution >= 0.6 is 11.6 Å². The summed E-state index contributed by atoms with van der Waals surface area (Å²) in [6.45, 7) is 0. The molecule has 3 N–H and O–H groups in total. The number of hydrogen-bond donors (Lipinski definition) is 2. The molecule has 0 aliphatic rings. The Balaban J connectivity index is 2.01. The molecule has 0 bridgehead atoms. The highest BCUT2D eigenvalue weighted by molar-refractivity contribution is 6.33. The lowest BCUT2D eigenvalue weighted by molar-refractivity contribution is -0.115. The predicted octanol–water partition coefficient (Wildman–Crippen LogP) is 2.65. The average Bonchev–Trinajstić information content (AvgIpc) is 2.49. The van der Waals surface area contributed by atoms with Gasteiger partial charge in [0.25, 0.3) is 0 Å². The number of benzene rings is 2. The number of Topliss-reactive ketones (excluding diaryl/α,β-unsaturated/α-hetero) is 1. The maximum atomic E-state index is 12.0. The monoisotopic (exact) mass is 316 g/mol. The van der Waals surface area contributed by atoms with Crippen LogP contribution in [0.4, 0.5) is 5.69 Å². The van der Waals surface area contributed by atoms with Gasteiger partial charge in [-0.2, -0.15) is 0 Å². The van der Waals surface area contributed by atoms with Crippen LogP contribution in [0.3, 0.4) is 0 Å². The van der Waals surface area contributed by atoms with Crippen molar-refractivity contribution in [1.82, 2.24) is 0 Å². The van der Waals surface area contributed by atoms with Gasteiger partial charge < -0.3 is 11.1 Å². The molecular weight excluding hydrogens is 304 g/mol. The number of nitrogens with one attached hydrogen (secondary N) is 1. The summed E-state index contributed by atoms with van der Waals surface area (Å²) in [5, 5.41) is 2.97. The van der Waals surface area contributed by atoms with Crippen LogP contribution in [0.2, 0.25) is 5.02 Å². The zero-order chi connectivity index (χ0) is 16.1. The fraction of sp³-hybridized carbons (Fsp3) is 0.0625. The second-order valence-corrected chi connectivity index (χ2v) is 4.98. The third kappa shape index (κ3) is 3.93. The molecule has 0 atom stereocenters. The van der Waals surface area contributed by atoms with Crippen molar-refractivity contribution in [3.8, 4) is 0 Å². The Morgan fingerprint density at radius 1 is 0.955 bits per heavy atom. The summed E-state index contributed by atoms with van der Waals surface area (Å²) in [7, 11) is 0. The van der Waals surface area contributed by atoms with Crippen LogP contribution < -0.4 is 11.1 Å². The molecule has 2 aromatic carbocycles. The molecule has 2 amide bonds. The van der Waals surface area contributed by atoms with Crippen molar-refractivity contribution in [3.63, 3.8) is 0 Å². The molecule has 2 rings (SSSR count). The highest BCUT2D eigenvalue weighted by Gasteiger charge is 2.13. The zero-order valence-corrected chi connectivity index (χ0v) is 12.3. The fourth-order valence-corrected chi connectivity index (χ4v) is 2.01. The lowest BCUT2D eigenvalue weighted by Crippen LogP contribution is -2.17. The van der Waals surface area contributed by atoms with Gasteiger partial charge in [-0.25, -0.2) is 0 Å². The molecule has 0 aliphatic carbocycles. The van der Waals surface area contributed by atoms with Crippen molar-refractivity contribution in [3.05, 3.63) is 64.7 Å². The van der Waals surface area contributed by atoms with Gasteiger partial charge in [0, 0.05) is 11.1 Å². The van der Waals surface area contributed by atoms with Gasteiger partial charge in [-0.1, -0.05) is 35.9 Å². The van der Waals surface area contributed by atoms with Gasteiger partial charge in [0.15, 0.2) is 5.78 Å². The number of halogens is 1. The Hall–Kier alpha value is -2.66. The summed E-state index contributed by atoms with van der Waals surface area (Å²) in [5.74, 6) is -1.40. The summed E-state index contributed by atoms with van der Waals surface area (Å²) >= 11 is 5.93. The maximum Gasteiger partial charge on any atom is 0.248 e. The molecule has 0 saturated heterocycles. The van der Waals surface area contributed by atoms with Crippen molar-refractivity contribution in [2.75, 3.05) is 5.32 Å². The van der Waals surface area contributed by atoms with Crippen LogP contribution in [0.5, 0.6) is 0 Å². The molecule has 2 aromatic rings. The molecule has 6 heteroatoms. The first-order valence-electron chi connectivity index (χ1n) is 6.45. The number of carbonyl (C=O) groups excluding carboxylic acids is 3. The van der Waals surface area contributed by atoms with Crippen LogP contribution in [0, 0.1) is 0 Å². The number of amides is 2. The number of carbonyl (C=O) groups is 3. The minimum atomic E-state index is -0.574. The Labute approximate surface area is 132 Å². The summed E-state index contributed by atoms with van der Waals surface area (Å²) in [6, 6.07) is 12.6. The van der Waals surface area contributed by atoms with E-state index in [1.165, 1.54) is 24.3 Å². The number of hydrogen-bond acceptors (Lipinski definition) is 3. The van der Waals surface area contributed by atoms with Gasteiger partial charge in [-0.3, -0.25) is 14.4 Å². The fourth-order valence-electron chi connectivity index (χ4n) is 1.83. The molecule has 0 saturated carbocycles. The molecule has 5 nitrogen and oxygen atoms in total. The predicted molar refractivity (Wildman–Crippen MR) is 84.0 cm³/mol. The Morgan fingerprint density at radius 2 is 1.55 bits per heavy atom. The smallest absolute Gasteiger partial charge is 0.248 e. The summed E-state index contributed by atoms with van der Waals surface area (Å²) in [6.07, 6.45) is -0.318. The lowest BCUT2D eigenvalue weighted by Gasteiger charge is -2.06. The first-order valence-corrected chi connectivity index (χ1v) is 6.82. The van der Waals surface area contributed by atoms with Crippen molar-refractivity contribution in [1.29, 1.82) is 0 Å². The maximum absolute atomic E-state index is 12.0. The minimum Gasteiger partial charge on any atom is -0.366 e. The Morgan fingerprint density at radius 3 is 2.14 bits per heavy atom. The molecule has 0 spiro atoms. The van der Waals surface area contributed by atoms with E-state index >= 15 is 0 Å². The minimum absolute atomic E-state index is 0.303. The third-order valence-electron chi connectivity index (χ3n) is 2.96. The molecule has 0 unspecified atom stereocenters. The second kappa shape index (κ2) is 6.87. The molecule has 0 aliphatic heterocycles. The van der Waals surface area contributed by atoms with Crippen molar-refractivity contribution < 1.29 is 14.4 Å². The highest BCUT2D eigenvalue weighted by Crippen LogP contribution is 2.20. The summed E-state index contributed by atoms with van der Waals surface area (Å²) in [4.78, 5) is 34.8. The molecule has 22 heavy (non-hydrogen) atoms. The van der Waals surface area contributed by atoms with Gasteiger partial charge in [0.05, 0.1) is 17.1 Å². The van der Waals surface area contributed by atoms with Gasteiger partial charge in [0.1, 0.15) is 0 Å². The van der Waals surface area contributed by atoms with E-state index in [-0.39, 0.29) is 12.2 Å². The quantitative estimate of drug-likeness (QED) is 0.656. The topological polar surface area (TPSA) is 89.3 Å². The highest BCUT2D eigenvalue weighted by atomic mass is 35.5. The SMILES string of the molecule is NC(=O)c1ccc(C(=O)CC(=O)Nc2ccccc2Cl)cc1. The van der Waals surface area contributed by atoms with Crippen LogP contribution in [0.1, 0.15) is 27.1 Å². The van der Waals surface area contributed by atoms with Crippen molar-refractivity contribution in [2.24, 2.45) is 5.73 Å². The average molecular weight is 317 g/mol. The van der Waals surface area contributed by atoms with Crippen LogP contribution in [0.25, 0.3) is 0 Å². The number of para-hydroxylation sites is 1. The largest absolute Gasteiger partial charge is 0.366 e. The van der Waals surface area contributed by atoms with E-state index in [2.05, 4.69) is 5.32 Å². The lowest BCUT2D eigenvalue weighted by atomic mass is 10.1. The van der Waals surface area contributed by atoms with E-state index in [1.54, 1.807) is 24.3 Å². The van der Waals surface area contributed by atoms with Gasteiger partial charge in [-0.05, 0) is 24.3 Å². The number of primary amides is 1. The van der Waals surface area contributed by atoms with Gasteiger partial charge >= 0.3 is 0 Å². The van der Waals surface area contributed by atoms with Gasteiger partial charge in [-0.15, -0.1) is 0 Å². The molecule has 0 fully saturated rings. The van der Waals surface area contributed by atoms with Crippen molar-refractivity contribution in [2.45, 2.75) is 6.42 Å². The summed E-state index contributed by atoms with van der Waals surface area (Å²) in [5.41, 5.74) is 6.21. The number of anilines is 1. The van der Waals surface area contributed by atoms with E-state index in [9.17, 15) is 14.4 Å². The molecule has 0 aromatic heterocycles. The van der Waals surface area contributed by atoms with Crippen molar-refractivity contribution >= 4 is 34.9 Å². The van der Waals surface area contributed by atoms with E-state index in [0.717, 1.165) is 0 Å². The van der Waals surface area contributed by atoms with E-state index in [4.69, 9.17) is 17.3 Å². The Bertz CT molecular complexity index is 726. The Kier molecular flexibility index (Phi) is 4.91. The molecule has 0 heterocycles. The third-order valence-corrected chi connectivity index (χ3v) is 3.29. The van der Waals surface area contributed by atoms with Crippen LogP contribution in [-0.4, -0.2) is 17.6 Å². The van der Waals surface area contributed by atoms with Crippen LogP contribution in [-0.2, 0) is 4.79 Å². The standard InChI is InChI=1S/C16H13ClN2O3/c17-12-3-1-2-4-13(12)19-15(21)9-14(20)10-5-7-11(8-6-10)16(18)22/h1-8H,9H2,(H2,18,22)(H,19,21).